The largest absolute Gasteiger partial charge is 0.369 e. The summed E-state index contributed by atoms with van der Waals surface area (Å²) in [6.45, 7) is 0.803. The number of rotatable bonds is 8. The number of H-pyrrole nitrogens is 1. The Labute approximate surface area is 178 Å². The summed E-state index contributed by atoms with van der Waals surface area (Å²) in [6, 6.07) is 15.5. The lowest BCUT2D eigenvalue weighted by molar-refractivity contribution is 0.0951. The number of hydrogen-bond acceptors (Lipinski definition) is 5. The van der Waals surface area contributed by atoms with Gasteiger partial charge in [-0.25, -0.2) is 9.37 Å². The second-order valence-corrected chi connectivity index (χ2v) is 6.89. The normalized spacial score (nSPS) is 10.6. The van der Waals surface area contributed by atoms with Crippen molar-refractivity contribution in [3.05, 3.63) is 95.8 Å². The molecule has 0 saturated heterocycles. The number of anilines is 1. The Balaban J connectivity index is 1.51. The summed E-state index contributed by atoms with van der Waals surface area (Å²) < 4.78 is 13.4. The minimum Gasteiger partial charge on any atom is -0.369 e. The first-order chi connectivity index (χ1) is 15.2. The fourth-order valence-electron chi connectivity index (χ4n) is 3.12. The molecule has 0 aliphatic carbocycles. The third kappa shape index (κ3) is 5.30. The molecule has 0 fully saturated rings. The van der Waals surface area contributed by atoms with Crippen LogP contribution in [0.15, 0.2) is 73.2 Å². The van der Waals surface area contributed by atoms with Crippen molar-refractivity contribution >= 4 is 11.7 Å². The van der Waals surface area contributed by atoms with Crippen LogP contribution < -0.4 is 10.6 Å². The van der Waals surface area contributed by atoms with Crippen molar-refractivity contribution in [3.63, 3.8) is 0 Å². The van der Waals surface area contributed by atoms with Crippen LogP contribution in [-0.4, -0.2) is 32.6 Å². The quantitative estimate of drug-likeness (QED) is 0.408. The molecule has 3 aromatic heterocycles. The monoisotopic (exact) mass is 416 g/mol. The van der Waals surface area contributed by atoms with E-state index in [0.717, 1.165) is 16.8 Å². The topological polar surface area (TPSA) is 95.6 Å². The average molecular weight is 416 g/mol. The van der Waals surface area contributed by atoms with Gasteiger partial charge in [0.15, 0.2) is 0 Å². The van der Waals surface area contributed by atoms with Gasteiger partial charge in [0, 0.05) is 24.5 Å². The van der Waals surface area contributed by atoms with Gasteiger partial charge in [-0.2, -0.15) is 5.10 Å². The summed E-state index contributed by atoms with van der Waals surface area (Å²) in [6.07, 6.45) is 5.67. The summed E-state index contributed by atoms with van der Waals surface area (Å²) in [5, 5.41) is 12.8. The van der Waals surface area contributed by atoms with Gasteiger partial charge in [-0.05, 0) is 48.4 Å². The highest BCUT2D eigenvalue weighted by Gasteiger charge is 2.15. The third-order valence-electron chi connectivity index (χ3n) is 4.69. The number of benzene rings is 1. The molecular formula is C23H21FN6O. The third-order valence-corrected chi connectivity index (χ3v) is 4.69. The van der Waals surface area contributed by atoms with Gasteiger partial charge in [-0.3, -0.25) is 14.9 Å². The Morgan fingerprint density at radius 2 is 2.03 bits per heavy atom. The lowest BCUT2D eigenvalue weighted by atomic mass is 10.1. The van der Waals surface area contributed by atoms with Crippen LogP contribution in [0.25, 0.3) is 11.3 Å². The molecule has 0 spiro atoms. The van der Waals surface area contributed by atoms with E-state index in [1.54, 1.807) is 36.8 Å². The smallest absolute Gasteiger partial charge is 0.255 e. The molecule has 31 heavy (non-hydrogen) atoms. The van der Waals surface area contributed by atoms with Crippen molar-refractivity contribution in [1.29, 1.82) is 0 Å². The van der Waals surface area contributed by atoms with E-state index >= 15 is 0 Å². The Hall–Kier alpha value is -4.07. The minimum absolute atomic E-state index is 0.259. The molecule has 0 unspecified atom stereocenters. The van der Waals surface area contributed by atoms with E-state index in [-0.39, 0.29) is 11.7 Å². The van der Waals surface area contributed by atoms with E-state index < -0.39 is 0 Å². The summed E-state index contributed by atoms with van der Waals surface area (Å²) in [5.74, 6) is -0.0778. The molecule has 156 valence electrons. The first-order valence-corrected chi connectivity index (χ1v) is 9.85. The number of pyridine rings is 2. The van der Waals surface area contributed by atoms with Crippen LogP contribution >= 0.6 is 0 Å². The minimum atomic E-state index is -0.271. The molecule has 0 atom stereocenters. The summed E-state index contributed by atoms with van der Waals surface area (Å²) in [4.78, 5) is 21.7. The molecule has 0 aliphatic rings. The van der Waals surface area contributed by atoms with Gasteiger partial charge >= 0.3 is 0 Å². The molecule has 0 saturated carbocycles. The Morgan fingerprint density at radius 3 is 2.81 bits per heavy atom. The van der Waals surface area contributed by atoms with Gasteiger partial charge in [-0.15, -0.1) is 0 Å². The maximum absolute atomic E-state index is 13.4. The fraction of sp³-hybridized carbons (Fsp3) is 0.130. The van der Waals surface area contributed by atoms with Gasteiger partial charge in [0.05, 0.1) is 29.7 Å². The van der Waals surface area contributed by atoms with Gasteiger partial charge in [0.2, 0.25) is 0 Å². The molecule has 3 heterocycles. The molecule has 0 aliphatic heterocycles. The number of hydrogen-bond donors (Lipinski definition) is 3. The molecule has 1 amide bonds. The lowest BCUT2D eigenvalue weighted by Gasteiger charge is -2.13. The molecular weight excluding hydrogens is 395 g/mol. The second-order valence-electron chi connectivity index (χ2n) is 6.89. The SMILES string of the molecule is O=C(NCc1ccccn1)c1ccc(-c2cn[nH]c2)nc1NCCc1cccc(F)c1. The Bertz CT molecular complexity index is 1150. The molecule has 1 aromatic carbocycles. The van der Waals surface area contributed by atoms with Crippen LogP contribution in [0.2, 0.25) is 0 Å². The van der Waals surface area contributed by atoms with Gasteiger partial charge in [-0.1, -0.05) is 18.2 Å². The van der Waals surface area contributed by atoms with Crippen LogP contribution in [0.5, 0.6) is 0 Å². The Kier molecular flexibility index (Phi) is 6.27. The van der Waals surface area contributed by atoms with Crippen LogP contribution in [0, 0.1) is 5.82 Å². The van der Waals surface area contributed by atoms with Crippen LogP contribution in [0.1, 0.15) is 21.6 Å². The van der Waals surface area contributed by atoms with E-state index in [9.17, 15) is 9.18 Å². The van der Waals surface area contributed by atoms with Crippen molar-refractivity contribution < 1.29 is 9.18 Å². The lowest BCUT2D eigenvalue weighted by Crippen LogP contribution is -2.25. The van der Waals surface area contributed by atoms with E-state index in [1.807, 2.05) is 24.3 Å². The predicted molar refractivity (Wildman–Crippen MR) is 116 cm³/mol. The van der Waals surface area contributed by atoms with Crippen LogP contribution in [0.4, 0.5) is 10.2 Å². The van der Waals surface area contributed by atoms with Crippen molar-refractivity contribution in [3.8, 4) is 11.3 Å². The highest BCUT2D eigenvalue weighted by atomic mass is 19.1. The van der Waals surface area contributed by atoms with E-state index in [0.29, 0.717) is 36.6 Å². The molecule has 7 nitrogen and oxygen atoms in total. The standard InChI is InChI=1S/C23H21FN6O/c24-18-5-3-4-16(12-18)9-11-26-22-20(7-8-21(30-22)17-13-28-29-14-17)23(31)27-15-19-6-1-2-10-25-19/h1-8,10,12-14H,9,11,15H2,(H,26,30)(H,27,31)(H,28,29). The van der Waals surface area contributed by atoms with E-state index in [2.05, 4.69) is 30.8 Å². The van der Waals surface area contributed by atoms with Crippen LogP contribution in [0.3, 0.4) is 0 Å². The van der Waals surface area contributed by atoms with Gasteiger partial charge in [0.25, 0.3) is 5.91 Å². The number of carbonyl (C=O) groups is 1. The maximum atomic E-state index is 13.4. The van der Waals surface area contributed by atoms with E-state index in [4.69, 9.17) is 0 Å². The zero-order valence-electron chi connectivity index (χ0n) is 16.7. The van der Waals surface area contributed by atoms with Crippen molar-refractivity contribution in [2.24, 2.45) is 0 Å². The average Bonchev–Trinajstić information content (AvgIpc) is 3.33. The van der Waals surface area contributed by atoms with Crippen molar-refractivity contribution in [2.75, 3.05) is 11.9 Å². The first-order valence-electron chi connectivity index (χ1n) is 9.85. The Morgan fingerprint density at radius 1 is 1.10 bits per heavy atom. The molecule has 3 N–H and O–H groups in total. The van der Waals surface area contributed by atoms with Gasteiger partial charge in [0.1, 0.15) is 11.6 Å². The molecule has 0 bridgehead atoms. The zero-order chi connectivity index (χ0) is 21.5. The van der Waals surface area contributed by atoms with Crippen molar-refractivity contribution in [2.45, 2.75) is 13.0 Å². The summed E-state index contributed by atoms with van der Waals surface area (Å²) >= 11 is 0. The fourth-order valence-corrected chi connectivity index (χ4v) is 3.12. The molecule has 4 aromatic rings. The number of aromatic amines is 1. The van der Waals surface area contributed by atoms with Crippen LogP contribution in [-0.2, 0) is 13.0 Å². The number of aromatic nitrogens is 4. The summed E-state index contributed by atoms with van der Waals surface area (Å²) in [7, 11) is 0. The number of halogens is 1. The predicted octanol–water partition coefficient (Wildman–Crippen LogP) is 3.59. The van der Waals surface area contributed by atoms with E-state index in [1.165, 1.54) is 12.1 Å². The molecule has 8 heteroatoms. The number of amides is 1. The highest BCUT2D eigenvalue weighted by Crippen LogP contribution is 2.21. The van der Waals surface area contributed by atoms with Crippen molar-refractivity contribution in [1.82, 2.24) is 25.5 Å². The maximum Gasteiger partial charge on any atom is 0.255 e. The summed E-state index contributed by atoms with van der Waals surface area (Å²) in [5.41, 5.74) is 3.54. The molecule has 0 radical (unpaired) electrons. The highest BCUT2D eigenvalue weighted by molar-refractivity contribution is 5.99. The second kappa shape index (κ2) is 9.62. The first kappa shape index (κ1) is 20.2. The number of carbonyl (C=O) groups excluding carboxylic acids is 1. The number of nitrogens with one attached hydrogen (secondary N) is 3. The molecule has 4 rings (SSSR count). The zero-order valence-corrected chi connectivity index (χ0v) is 16.7. The van der Waals surface area contributed by atoms with Gasteiger partial charge < -0.3 is 10.6 Å². The number of nitrogens with zero attached hydrogens (tertiary/aromatic N) is 3.